The van der Waals surface area contributed by atoms with Gasteiger partial charge in [0.1, 0.15) is 5.78 Å². The van der Waals surface area contributed by atoms with Crippen LogP contribution in [0.5, 0.6) is 0 Å². The minimum absolute atomic E-state index is 0.0488. The second-order valence-electron chi connectivity index (χ2n) is 18.0. The van der Waals surface area contributed by atoms with Gasteiger partial charge in [-0.3, -0.25) is 14.4 Å². The van der Waals surface area contributed by atoms with Gasteiger partial charge in [-0.25, -0.2) is 0 Å². The molecule has 0 radical (unpaired) electrons. The van der Waals surface area contributed by atoms with Crippen LogP contribution in [0, 0.1) is 50.2 Å². The molecule has 5 aliphatic rings. The van der Waals surface area contributed by atoms with E-state index in [9.17, 15) is 14.4 Å². The summed E-state index contributed by atoms with van der Waals surface area (Å²) in [5, 5.41) is 0. The predicted molar refractivity (Wildman–Crippen MR) is 185 cm³/mol. The summed E-state index contributed by atoms with van der Waals surface area (Å²) in [5.74, 6) is 0.773. The van der Waals surface area contributed by atoms with Gasteiger partial charge in [-0.15, -0.1) is 0 Å². The number of ketones is 2. The van der Waals surface area contributed by atoms with Gasteiger partial charge in [0.2, 0.25) is 0 Å². The fourth-order valence-electron chi connectivity index (χ4n) is 12.0. The van der Waals surface area contributed by atoms with Gasteiger partial charge >= 0.3 is 5.97 Å². The average Bonchev–Trinajstić information content (AvgIpc) is 3.04. The normalized spacial score (nSPS) is 40.8. The molecule has 0 spiro atoms. The number of allylic oxidation sites excluding steroid dienone is 2. The van der Waals surface area contributed by atoms with Gasteiger partial charge in [0, 0.05) is 17.8 Å². The molecule has 8 atom stereocenters. The zero-order valence-corrected chi connectivity index (χ0v) is 29.7. The molecule has 1 unspecified atom stereocenters. The van der Waals surface area contributed by atoms with E-state index in [0.717, 1.165) is 56.1 Å². The number of hydrogen-bond acceptors (Lipinski definition) is 4. The third kappa shape index (κ3) is 4.62. The van der Waals surface area contributed by atoms with Crippen molar-refractivity contribution in [3.63, 3.8) is 0 Å². The summed E-state index contributed by atoms with van der Waals surface area (Å²) in [4.78, 5) is 42.2. The van der Waals surface area contributed by atoms with E-state index in [-0.39, 0.29) is 51.2 Å². The summed E-state index contributed by atoms with van der Waals surface area (Å²) in [7, 11) is 0. The molecule has 0 saturated heterocycles. The Bertz CT molecular complexity index is 1580. The first-order valence-electron chi connectivity index (χ1n) is 18.2. The van der Waals surface area contributed by atoms with E-state index >= 15 is 0 Å². The van der Waals surface area contributed by atoms with Crippen LogP contribution in [-0.2, 0) is 19.1 Å². The van der Waals surface area contributed by atoms with E-state index < -0.39 is 16.9 Å². The number of ether oxygens (including phenoxy) is 1. The number of rotatable bonds is 4. The van der Waals surface area contributed by atoms with Crippen molar-refractivity contribution in [3.8, 4) is 0 Å². The quantitative estimate of drug-likeness (QED) is 0.314. The summed E-state index contributed by atoms with van der Waals surface area (Å²) in [6.07, 6.45) is 9.55. The Morgan fingerprint density at radius 2 is 1.36 bits per heavy atom. The van der Waals surface area contributed by atoms with E-state index in [0.29, 0.717) is 18.6 Å². The van der Waals surface area contributed by atoms with Crippen molar-refractivity contribution in [3.05, 3.63) is 83.4 Å². The van der Waals surface area contributed by atoms with Crippen molar-refractivity contribution in [2.75, 3.05) is 0 Å². The van der Waals surface area contributed by atoms with Crippen molar-refractivity contribution in [1.82, 2.24) is 0 Å². The largest absolute Gasteiger partial charge is 0.452 e. The Kier molecular flexibility index (Phi) is 7.44. The van der Waals surface area contributed by atoms with E-state index in [4.69, 9.17) is 4.74 Å². The van der Waals surface area contributed by atoms with Gasteiger partial charge in [0.15, 0.2) is 11.9 Å². The molecule has 0 aromatic heterocycles. The standard InChI is InChI=1S/C43H54O4/c1-38(2)33-18-21-43(7)36(41(33,5)20-19-34(38)45)32(44)26-30-31-27-40(4,23-22-39(31,3)24-25-42(30,43)6)37(46)47-35(28-14-10-8-11-15-28)29-16-12-9-13-17-29/h8-17,26,31,33,35-36H,18-25,27H2,1-7H3/t31-,33?,36+,39+,40+,41-,42+,43+/m0/s1. The lowest BCUT2D eigenvalue weighted by atomic mass is 9.33. The number of hydrogen-bond donors (Lipinski definition) is 0. The van der Waals surface area contributed by atoms with Gasteiger partial charge in [-0.1, -0.05) is 108 Å². The third-order valence-electron chi connectivity index (χ3n) is 15.2. The Morgan fingerprint density at radius 3 is 1.98 bits per heavy atom. The molecule has 4 fully saturated rings. The molecule has 0 N–H and O–H groups in total. The van der Waals surface area contributed by atoms with Crippen LogP contribution in [0.15, 0.2) is 72.3 Å². The third-order valence-corrected chi connectivity index (χ3v) is 15.2. The second-order valence-corrected chi connectivity index (χ2v) is 18.0. The summed E-state index contributed by atoms with van der Waals surface area (Å²) < 4.78 is 6.51. The van der Waals surface area contributed by atoms with Crippen molar-refractivity contribution in [2.45, 2.75) is 112 Å². The average molecular weight is 635 g/mol. The molecule has 0 aliphatic heterocycles. The first kappa shape index (κ1) is 32.5. The van der Waals surface area contributed by atoms with Gasteiger partial charge in [-0.2, -0.15) is 0 Å². The molecule has 4 nitrogen and oxygen atoms in total. The van der Waals surface area contributed by atoms with Crippen LogP contribution in [0.3, 0.4) is 0 Å². The molecular weight excluding hydrogens is 580 g/mol. The van der Waals surface area contributed by atoms with Gasteiger partial charge in [0.05, 0.1) is 5.41 Å². The van der Waals surface area contributed by atoms with Crippen LogP contribution in [0.1, 0.15) is 123 Å². The van der Waals surface area contributed by atoms with Crippen molar-refractivity contribution >= 4 is 17.5 Å². The lowest BCUT2D eigenvalue weighted by Gasteiger charge is -2.69. The molecule has 47 heavy (non-hydrogen) atoms. The fourth-order valence-corrected chi connectivity index (χ4v) is 12.0. The number of esters is 1. The van der Waals surface area contributed by atoms with E-state index in [1.807, 2.05) is 60.7 Å². The maximum Gasteiger partial charge on any atom is 0.312 e. The number of carbonyl (C=O) groups is 3. The van der Waals surface area contributed by atoms with Crippen LogP contribution >= 0.6 is 0 Å². The molecule has 5 aliphatic carbocycles. The van der Waals surface area contributed by atoms with Crippen molar-refractivity contribution in [2.24, 2.45) is 50.2 Å². The Balaban J connectivity index is 1.23. The van der Waals surface area contributed by atoms with E-state index in [1.54, 1.807) is 0 Å². The highest BCUT2D eigenvalue weighted by Gasteiger charge is 2.70. The molecule has 7 rings (SSSR count). The summed E-state index contributed by atoms with van der Waals surface area (Å²) in [6, 6.07) is 20.1. The molecule has 0 bridgehead atoms. The molecule has 4 heteroatoms. The topological polar surface area (TPSA) is 60.4 Å². The second kappa shape index (κ2) is 10.7. The molecule has 2 aromatic rings. The maximum atomic E-state index is 14.7. The predicted octanol–water partition coefficient (Wildman–Crippen LogP) is 9.87. The Labute approximate surface area is 282 Å². The van der Waals surface area contributed by atoms with Gasteiger partial charge in [-0.05, 0) is 109 Å². The van der Waals surface area contributed by atoms with E-state index in [1.165, 1.54) is 5.57 Å². The number of carbonyl (C=O) groups excluding carboxylic acids is 3. The Morgan fingerprint density at radius 1 is 0.766 bits per heavy atom. The highest BCUT2D eigenvalue weighted by molar-refractivity contribution is 5.96. The van der Waals surface area contributed by atoms with Gasteiger partial charge < -0.3 is 4.74 Å². The van der Waals surface area contributed by atoms with Crippen LogP contribution in [0.25, 0.3) is 0 Å². The zero-order chi connectivity index (χ0) is 33.6. The molecule has 0 amide bonds. The van der Waals surface area contributed by atoms with Crippen LogP contribution in [0.4, 0.5) is 0 Å². The number of benzene rings is 2. The van der Waals surface area contributed by atoms with Crippen LogP contribution in [-0.4, -0.2) is 17.5 Å². The lowest BCUT2D eigenvalue weighted by Crippen LogP contribution is -2.66. The van der Waals surface area contributed by atoms with Crippen LogP contribution in [0.2, 0.25) is 0 Å². The summed E-state index contributed by atoms with van der Waals surface area (Å²) >= 11 is 0. The summed E-state index contributed by atoms with van der Waals surface area (Å²) in [5.41, 5.74) is 1.73. The molecule has 2 aromatic carbocycles. The fraction of sp³-hybridized carbons (Fsp3) is 0.605. The van der Waals surface area contributed by atoms with E-state index in [2.05, 4.69) is 54.5 Å². The van der Waals surface area contributed by atoms with Crippen LogP contribution < -0.4 is 0 Å². The summed E-state index contributed by atoms with van der Waals surface area (Å²) in [6.45, 7) is 16.0. The highest BCUT2D eigenvalue weighted by Crippen LogP contribution is 2.75. The minimum atomic E-state index is -0.650. The van der Waals surface area contributed by atoms with Crippen molar-refractivity contribution in [1.29, 1.82) is 0 Å². The Hall–Kier alpha value is -3.01. The van der Waals surface area contributed by atoms with Gasteiger partial charge in [0.25, 0.3) is 0 Å². The first-order chi connectivity index (χ1) is 22.1. The monoisotopic (exact) mass is 634 g/mol. The molecule has 250 valence electrons. The zero-order valence-electron chi connectivity index (χ0n) is 29.7. The maximum absolute atomic E-state index is 14.7. The number of Topliss-reactive ketones (excluding diaryl/α,β-unsaturated/α-hetero) is 1. The molecule has 4 saturated carbocycles. The molecule has 0 heterocycles. The van der Waals surface area contributed by atoms with Crippen molar-refractivity contribution < 1.29 is 19.1 Å². The smallest absolute Gasteiger partial charge is 0.312 e. The first-order valence-corrected chi connectivity index (χ1v) is 18.2. The highest BCUT2D eigenvalue weighted by atomic mass is 16.5. The minimum Gasteiger partial charge on any atom is -0.452 e. The SMILES string of the molecule is CC1(C)C(=O)CC[C@@]2(C)C1CC[C@]1(C)[C@@H]2C(=O)C=C2[C@@H]3C[C@](C)(C(=O)OC(c4ccccc4)c4ccccc4)CC[C@]3(C)CC[C@]21C. The number of fused-ring (bicyclic) bond motifs is 7. The lowest BCUT2D eigenvalue weighted by molar-refractivity contribution is -0.188. The molecular formula is C43H54O4.